The van der Waals surface area contributed by atoms with E-state index >= 15 is 0 Å². The first-order valence-electron chi connectivity index (χ1n) is 42.2. The van der Waals surface area contributed by atoms with E-state index in [9.17, 15) is 43.2 Å². The number of hydrogen-bond donors (Lipinski definition) is 3. The second-order valence-electron chi connectivity index (χ2n) is 31.2. The Hall–Kier alpha value is -1.94. The van der Waals surface area contributed by atoms with Crippen LogP contribution in [-0.4, -0.2) is 96.7 Å². The van der Waals surface area contributed by atoms with Crippen molar-refractivity contribution in [3.05, 3.63) is 0 Å². The molecule has 0 aromatic carbocycles. The average molecular weight is 1480 g/mol. The van der Waals surface area contributed by atoms with Gasteiger partial charge in [-0.2, -0.15) is 0 Å². The lowest BCUT2D eigenvalue weighted by molar-refractivity contribution is -0.161. The van der Waals surface area contributed by atoms with Crippen molar-refractivity contribution >= 4 is 39.5 Å². The monoisotopic (exact) mass is 1480 g/mol. The lowest BCUT2D eigenvalue weighted by atomic mass is 9.99. The van der Waals surface area contributed by atoms with Gasteiger partial charge in [-0.3, -0.25) is 37.3 Å². The van der Waals surface area contributed by atoms with Crippen molar-refractivity contribution in [2.75, 3.05) is 39.6 Å². The van der Waals surface area contributed by atoms with Gasteiger partial charge in [0.2, 0.25) is 0 Å². The highest BCUT2D eigenvalue weighted by Crippen LogP contribution is 2.45. The maximum absolute atomic E-state index is 13.1. The lowest BCUT2D eigenvalue weighted by Gasteiger charge is -2.21. The number of phosphoric ester groups is 2. The van der Waals surface area contributed by atoms with Crippen molar-refractivity contribution in [2.45, 2.75) is 440 Å². The van der Waals surface area contributed by atoms with E-state index in [0.29, 0.717) is 25.7 Å². The fourth-order valence-electron chi connectivity index (χ4n) is 12.6. The van der Waals surface area contributed by atoms with E-state index in [1.807, 2.05) is 0 Å². The predicted octanol–water partition coefficient (Wildman–Crippen LogP) is 24.4. The highest BCUT2D eigenvalue weighted by Gasteiger charge is 2.30. The van der Waals surface area contributed by atoms with E-state index < -0.39 is 97.5 Å². The van der Waals surface area contributed by atoms with Gasteiger partial charge in [0.05, 0.1) is 26.4 Å². The summed E-state index contributed by atoms with van der Waals surface area (Å²) in [5.74, 6) is 1.00. The molecule has 0 spiro atoms. The van der Waals surface area contributed by atoms with Gasteiger partial charge in [-0.25, -0.2) is 9.13 Å². The second-order valence-corrected chi connectivity index (χ2v) is 34.1. The first-order chi connectivity index (χ1) is 48.6. The first kappa shape index (κ1) is 99.1. The van der Waals surface area contributed by atoms with Crippen LogP contribution < -0.4 is 0 Å². The molecule has 0 fully saturated rings. The minimum absolute atomic E-state index is 0.104. The molecule has 0 aromatic rings. The summed E-state index contributed by atoms with van der Waals surface area (Å²) in [5, 5.41) is 10.6. The summed E-state index contributed by atoms with van der Waals surface area (Å²) in [6, 6.07) is 0. The summed E-state index contributed by atoms with van der Waals surface area (Å²) < 4.78 is 68.7. The number of aliphatic hydroxyl groups excluding tert-OH is 1. The number of ether oxygens (including phenoxy) is 4. The first-order valence-corrected chi connectivity index (χ1v) is 45.2. The van der Waals surface area contributed by atoms with E-state index in [4.69, 9.17) is 37.0 Å². The normalized spacial score (nSPS) is 14.3. The molecule has 0 aliphatic carbocycles. The van der Waals surface area contributed by atoms with Gasteiger partial charge >= 0.3 is 39.5 Å². The quantitative estimate of drug-likeness (QED) is 0.0222. The summed E-state index contributed by atoms with van der Waals surface area (Å²) in [7, 11) is -9.92. The summed E-state index contributed by atoms with van der Waals surface area (Å²) in [6.45, 7) is 14.3. The summed E-state index contributed by atoms with van der Waals surface area (Å²) in [6.07, 6.45) is 58.3. The largest absolute Gasteiger partial charge is 0.472 e. The maximum Gasteiger partial charge on any atom is 0.472 e. The van der Waals surface area contributed by atoms with E-state index in [1.54, 1.807) is 0 Å². The molecule has 0 aliphatic rings. The van der Waals surface area contributed by atoms with E-state index in [-0.39, 0.29) is 25.7 Å². The molecule has 101 heavy (non-hydrogen) atoms. The van der Waals surface area contributed by atoms with Crippen LogP contribution in [0.25, 0.3) is 0 Å². The summed E-state index contributed by atoms with van der Waals surface area (Å²) in [5.41, 5.74) is 0. The average Bonchev–Trinajstić information content (AvgIpc) is 0.939. The Morgan fingerprint density at radius 1 is 0.277 bits per heavy atom. The molecule has 17 nitrogen and oxygen atoms in total. The van der Waals surface area contributed by atoms with Crippen LogP contribution in [-0.2, 0) is 65.4 Å². The zero-order valence-electron chi connectivity index (χ0n) is 66.5. The van der Waals surface area contributed by atoms with Crippen molar-refractivity contribution in [1.82, 2.24) is 0 Å². The molecule has 0 heterocycles. The molecule has 0 rings (SSSR count). The molecule has 3 N–H and O–H groups in total. The van der Waals surface area contributed by atoms with E-state index in [2.05, 4.69) is 55.4 Å². The molecule has 0 aromatic heterocycles. The fraction of sp³-hybridized carbons (Fsp3) is 0.951. The van der Waals surface area contributed by atoms with Gasteiger partial charge in [0.15, 0.2) is 12.2 Å². The molecule has 0 radical (unpaired) electrons. The Labute approximate surface area is 619 Å². The molecular formula is C82H160O17P2. The van der Waals surface area contributed by atoms with Gasteiger partial charge in [0.25, 0.3) is 0 Å². The fourth-order valence-corrected chi connectivity index (χ4v) is 14.2. The third-order valence-corrected chi connectivity index (χ3v) is 21.3. The van der Waals surface area contributed by atoms with Crippen LogP contribution in [0.15, 0.2) is 0 Å². The summed E-state index contributed by atoms with van der Waals surface area (Å²) >= 11 is 0. The lowest BCUT2D eigenvalue weighted by Crippen LogP contribution is -2.30. The van der Waals surface area contributed by atoms with Crippen LogP contribution in [0.5, 0.6) is 0 Å². The maximum atomic E-state index is 13.1. The number of esters is 4. The van der Waals surface area contributed by atoms with Crippen LogP contribution in [0.3, 0.4) is 0 Å². The summed E-state index contributed by atoms with van der Waals surface area (Å²) in [4.78, 5) is 73.0. The van der Waals surface area contributed by atoms with Gasteiger partial charge in [-0.15, -0.1) is 0 Å². The third kappa shape index (κ3) is 74.7. The predicted molar refractivity (Wildman–Crippen MR) is 414 cm³/mol. The van der Waals surface area contributed by atoms with E-state index in [0.717, 1.165) is 114 Å². The topological polar surface area (TPSA) is 237 Å². The molecule has 4 unspecified atom stereocenters. The molecule has 0 aliphatic heterocycles. The molecule has 0 saturated carbocycles. The Bertz CT molecular complexity index is 1970. The number of unbranched alkanes of at least 4 members (excludes halogenated alkanes) is 44. The SMILES string of the molecule is CCC(C)CCCCCCCCCCC(=O)O[C@H](COC(=O)CCCCCCCCCCC(C)C)COP(=O)(O)OCC(O)COP(=O)(O)OC[C@@H](COC(=O)CCCCCCCCCCCCCCCCC(C)C)OC(=O)CCCCCCCCCCCCCCCCCCCCC(C)C. The standard InChI is InChI=1S/C82H160O17P2/c1-9-75(8)61-53-45-37-31-33-41-49-57-65-82(87)99-78(69-93-80(85)63-55-47-39-32-30-36-44-52-60-74(6)7)71-97-101(90,91)95-67-76(83)66-94-100(88,89)96-70-77(68-92-79(84)62-54-46-38-28-24-20-17-16-19-23-27-35-43-51-59-73(4)5)98-81(86)64-56-48-40-29-25-21-15-13-11-10-12-14-18-22-26-34-42-50-58-72(2)3/h72-78,83H,9-71H2,1-8H3,(H,88,89)(H,90,91)/t75?,76?,77-,78-/m1/s1. The van der Waals surface area contributed by atoms with E-state index in [1.165, 1.54) is 225 Å². The van der Waals surface area contributed by atoms with Crippen molar-refractivity contribution in [2.24, 2.45) is 23.7 Å². The highest BCUT2D eigenvalue weighted by molar-refractivity contribution is 7.47. The number of phosphoric acid groups is 2. The van der Waals surface area contributed by atoms with Gasteiger partial charge in [-0.1, -0.05) is 370 Å². The molecule has 6 atom stereocenters. The molecule has 0 amide bonds. The number of carbonyl (C=O) groups excluding carboxylic acids is 4. The number of hydrogen-bond acceptors (Lipinski definition) is 15. The van der Waals surface area contributed by atoms with Gasteiger partial charge < -0.3 is 33.8 Å². The molecule has 0 saturated heterocycles. The van der Waals surface area contributed by atoms with Gasteiger partial charge in [0.1, 0.15) is 19.3 Å². The zero-order valence-corrected chi connectivity index (χ0v) is 68.3. The molecular weight excluding hydrogens is 1320 g/mol. The molecule has 19 heteroatoms. The van der Waals surface area contributed by atoms with Crippen LogP contribution in [0.1, 0.15) is 421 Å². The minimum atomic E-state index is -4.96. The Morgan fingerprint density at radius 3 is 0.703 bits per heavy atom. The third-order valence-electron chi connectivity index (χ3n) is 19.4. The number of carbonyl (C=O) groups is 4. The Morgan fingerprint density at radius 2 is 0.475 bits per heavy atom. The van der Waals surface area contributed by atoms with Crippen LogP contribution >= 0.6 is 15.6 Å². The zero-order chi connectivity index (χ0) is 74.6. The van der Waals surface area contributed by atoms with Crippen molar-refractivity contribution in [3.63, 3.8) is 0 Å². The second kappa shape index (κ2) is 71.0. The smallest absolute Gasteiger partial charge is 0.462 e. The van der Waals surface area contributed by atoms with Crippen LogP contribution in [0, 0.1) is 23.7 Å². The Balaban J connectivity index is 5.23. The van der Waals surface area contributed by atoms with Crippen molar-refractivity contribution in [1.29, 1.82) is 0 Å². The van der Waals surface area contributed by atoms with Gasteiger partial charge in [0, 0.05) is 25.7 Å². The van der Waals surface area contributed by atoms with Crippen molar-refractivity contribution in [3.8, 4) is 0 Å². The number of rotatable bonds is 79. The van der Waals surface area contributed by atoms with Crippen molar-refractivity contribution < 1.29 is 80.2 Å². The number of aliphatic hydroxyl groups is 1. The van der Waals surface area contributed by atoms with Crippen LogP contribution in [0.4, 0.5) is 0 Å². The Kier molecular flexibility index (Phi) is 69.6. The van der Waals surface area contributed by atoms with Gasteiger partial charge in [-0.05, 0) is 49.4 Å². The molecule has 600 valence electrons. The molecule has 0 bridgehead atoms. The highest BCUT2D eigenvalue weighted by atomic mass is 31.2. The minimum Gasteiger partial charge on any atom is -0.462 e. The van der Waals surface area contributed by atoms with Crippen LogP contribution in [0.2, 0.25) is 0 Å².